The van der Waals surface area contributed by atoms with Crippen LogP contribution in [-0.4, -0.2) is 67.5 Å². The fourth-order valence-electron chi connectivity index (χ4n) is 5.17. The lowest BCUT2D eigenvalue weighted by atomic mass is 10.0. The Kier molecular flexibility index (Phi) is 7.94. The third-order valence-electron chi connectivity index (χ3n) is 7.11. The van der Waals surface area contributed by atoms with Crippen molar-refractivity contribution in [1.29, 1.82) is 0 Å². The molecule has 0 aliphatic carbocycles. The molecule has 0 radical (unpaired) electrons. The van der Waals surface area contributed by atoms with Crippen molar-refractivity contribution < 1.29 is 14.6 Å². The Morgan fingerprint density at radius 2 is 2.11 bits per heavy atom. The molecule has 4 heterocycles. The third kappa shape index (κ3) is 5.99. The van der Waals surface area contributed by atoms with Crippen LogP contribution in [0.25, 0.3) is 11.3 Å². The van der Waals surface area contributed by atoms with Crippen LogP contribution in [0.2, 0.25) is 5.02 Å². The van der Waals surface area contributed by atoms with Gasteiger partial charge in [0.05, 0.1) is 29.2 Å². The monoisotopic (exact) mass is 539 g/mol. The molecule has 2 aliphatic rings. The summed E-state index contributed by atoms with van der Waals surface area (Å²) in [5.41, 5.74) is 5.18. The highest BCUT2D eigenvalue weighted by molar-refractivity contribution is 6.32. The smallest absolute Gasteiger partial charge is 0.234 e. The number of carbonyl (C=O) groups excluding carboxylic acids is 1. The molecule has 11 heteroatoms. The molecule has 1 amide bonds. The van der Waals surface area contributed by atoms with Crippen LogP contribution in [0, 0.1) is 6.92 Å². The van der Waals surface area contributed by atoms with Crippen LogP contribution in [0.5, 0.6) is 0 Å². The quantitative estimate of drug-likeness (QED) is 0.400. The molecular weight excluding hydrogens is 506 g/mol. The van der Waals surface area contributed by atoms with Gasteiger partial charge in [-0.2, -0.15) is 5.10 Å². The number of halogens is 1. The molecule has 2 aromatic heterocycles. The molecule has 2 aliphatic heterocycles. The SMILES string of the molecule is Cc1nn(C)cc1CC(C)NC(=O)CN1Cc2ccc(-c3nc(NC4CCOCC4)ncc3Cl)cc2C1O. The van der Waals surface area contributed by atoms with Gasteiger partial charge < -0.3 is 20.5 Å². The van der Waals surface area contributed by atoms with Crippen molar-refractivity contribution >= 4 is 23.5 Å². The van der Waals surface area contributed by atoms with Gasteiger partial charge in [-0.1, -0.05) is 23.7 Å². The van der Waals surface area contributed by atoms with Crippen molar-refractivity contribution in [2.75, 3.05) is 25.1 Å². The van der Waals surface area contributed by atoms with Crippen LogP contribution >= 0.6 is 11.6 Å². The van der Waals surface area contributed by atoms with E-state index in [1.54, 1.807) is 15.8 Å². The van der Waals surface area contributed by atoms with Crippen LogP contribution in [0.15, 0.2) is 30.6 Å². The topological polar surface area (TPSA) is 117 Å². The molecule has 0 spiro atoms. The van der Waals surface area contributed by atoms with Gasteiger partial charge in [0.25, 0.3) is 0 Å². The summed E-state index contributed by atoms with van der Waals surface area (Å²) in [6.45, 7) is 5.96. The minimum absolute atomic E-state index is 0.0528. The number of amides is 1. The molecule has 38 heavy (non-hydrogen) atoms. The second-order valence-electron chi connectivity index (χ2n) is 10.2. The van der Waals surface area contributed by atoms with E-state index >= 15 is 0 Å². The lowest BCUT2D eigenvalue weighted by molar-refractivity contribution is -0.125. The number of aromatic nitrogens is 4. The first kappa shape index (κ1) is 26.6. The van der Waals surface area contributed by atoms with E-state index in [2.05, 4.69) is 25.7 Å². The number of aliphatic hydroxyl groups is 1. The molecule has 2 unspecified atom stereocenters. The molecule has 1 fully saturated rings. The highest BCUT2D eigenvalue weighted by Crippen LogP contribution is 2.36. The Labute approximate surface area is 227 Å². The standard InChI is InChI=1S/C27H34ClN7O3/c1-16(10-20-13-34(3)33-17(20)2)30-24(36)15-35-14-19-5-4-18(11-22(19)26(35)37)25-23(28)12-29-27(32-25)31-21-6-8-38-9-7-21/h4-5,11-13,16,21,26,37H,6-10,14-15H2,1-3H3,(H,30,36)(H,29,31,32). The number of aliphatic hydroxyl groups excluding tert-OH is 1. The van der Waals surface area contributed by atoms with Crippen molar-refractivity contribution in [3.05, 3.63) is 58.0 Å². The molecule has 3 aromatic rings. The van der Waals surface area contributed by atoms with Crippen LogP contribution in [0.3, 0.4) is 0 Å². The summed E-state index contributed by atoms with van der Waals surface area (Å²) >= 11 is 6.47. The minimum atomic E-state index is -0.896. The molecule has 10 nitrogen and oxygen atoms in total. The number of rotatable bonds is 8. The van der Waals surface area contributed by atoms with Gasteiger partial charge in [0, 0.05) is 56.2 Å². The van der Waals surface area contributed by atoms with Gasteiger partial charge >= 0.3 is 0 Å². The van der Waals surface area contributed by atoms with E-state index in [0.717, 1.165) is 54.0 Å². The number of fused-ring (bicyclic) bond motifs is 1. The van der Waals surface area contributed by atoms with Crippen molar-refractivity contribution in [2.24, 2.45) is 7.05 Å². The van der Waals surface area contributed by atoms with Gasteiger partial charge in [-0.3, -0.25) is 14.4 Å². The zero-order valence-corrected chi connectivity index (χ0v) is 22.7. The number of anilines is 1. The first-order valence-corrected chi connectivity index (χ1v) is 13.3. The van der Waals surface area contributed by atoms with Gasteiger partial charge in [-0.15, -0.1) is 0 Å². The number of hydrogen-bond acceptors (Lipinski definition) is 8. The van der Waals surface area contributed by atoms with Gasteiger partial charge in [0.2, 0.25) is 11.9 Å². The van der Waals surface area contributed by atoms with Crippen molar-refractivity contribution in [3.8, 4) is 11.3 Å². The summed E-state index contributed by atoms with van der Waals surface area (Å²) in [4.78, 5) is 23.6. The van der Waals surface area contributed by atoms with Crippen LogP contribution in [0.1, 0.15) is 48.4 Å². The Bertz CT molecular complexity index is 1310. The minimum Gasteiger partial charge on any atom is -0.381 e. The normalized spacial score (nSPS) is 18.8. The van der Waals surface area contributed by atoms with Crippen molar-refractivity contribution in [2.45, 2.75) is 58.0 Å². The first-order valence-electron chi connectivity index (χ1n) is 13.0. The van der Waals surface area contributed by atoms with E-state index in [1.165, 1.54) is 0 Å². The summed E-state index contributed by atoms with van der Waals surface area (Å²) in [7, 11) is 1.89. The van der Waals surface area contributed by atoms with Crippen LogP contribution in [0.4, 0.5) is 5.95 Å². The number of carbonyl (C=O) groups is 1. The lowest BCUT2D eigenvalue weighted by Crippen LogP contribution is -2.41. The van der Waals surface area contributed by atoms with E-state index in [1.807, 2.05) is 45.3 Å². The van der Waals surface area contributed by atoms with Gasteiger partial charge in [-0.05, 0) is 50.3 Å². The number of nitrogens with zero attached hydrogens (tertiary/aromatic N) is 5. The highest BCUT2D eigenvalue weighted by atomic mass is 35.5. The summed E-state index contributed by atoms with van der Waals surface area (Å²) in [5.74, 6) is 0.389. The average Bonchev–Trinajstić information content (AvgIpc) is 3.37. The van der Waals surface area contributed by atoms with E-state index in [9.17, 15) is 9.90 Å². The zero-order chi connectivity index (χ0) is 26.8. The number of aryl methyl sites for hydroxylation is 2. The molecule has 1 aromatic carbocycles. The van der Waals surface area contributed by atoms with Gasteiger partial charge in [0.1, 0.15) is 6.23 Å². The molecule has 5 rings (SSSR count). The molecular formula is C27H34ClN7O3. The first-order chi connectivity index (χ1) is 18.3. The molecule has 0 saturated carbocycles. The Morgan fingerprint density at radius 3 is 2.84 bits per heavy atom. The molecule has 202 valence electrons. The second-order valence-corrected chi connectivity index (χ2v) is 10.6. The zero-order valence-electron chi connectivity index (χ0n) is 21.9. The van der Waals surface area contributed by atoms with E-state index < -0.39 is 6.23 Å². The summed E-state index contributed by atoms with van der Waals surface area (Å²) in [6.07, 6.45) is 5.18. The third-order valence-corrected chi connectivity index (χ3v) is 7.39. The van der Waals surface area contributed by atoms with E-state index in [4.69, 9.17) is 16.3 Å². The lowest BCUT2D eigenvalue weighted by Gasteiger charge is -2.23. The Balaban J connectivity index is 1.23. The molecule has 2 atom stereocenters. The van der Waals surface area contributed by atoms with Crippen molar-refractivity contribution in [1.82, 2.24) is 30.0 Å². The van der Waals surface area contributed by atoms with Gasteiger partial charge in [-0.25, -0.2) is 9.97 Å². The maximum Gasteiger partial charge on any atom is 0.234 e. The molecule has 0 bridgehead atoms. The van der Waals surface area contributed by atoms with E-state index in [0.29, 0.717) is 29.6 Å². The fraction of sp³-hybridized carbons (Fsp3) is 0.481. The number of nitrogens with one attached hydrogen (secondary N) is 2. The van der Waals surface area contributed by atoms with Crippen LogP contribution < -0.4 is 10.6 Å². The van der Waals surface area contributed by atoms with Crippen LogP contribution in [-0.2, 0) is 29.5 Å². The summed E-state index contributed by atoms with van der Waals surface area (Å²) in [6, 6.07) is 6.01. The van der Waals surface area contributed by atoms with Crippen molar-refractivity contribution in [3.63, 3.8) is 0 Å². The number of hydrogen-bond donors (Lipinski definition) is 3. The molecule has 3 N–H and O–H groups in total. The predicted molar refractivity (Wildman–Crippen MR) is 145 cm³/mol. The van der Waals surface area contributed by atoms with Gasteiger partial charge in [0.15, 0.2) is 0 Å². The Morgan fingerprint density at radius 1 is 1.32 bits per heavy atom. The average molecular weight is 540 g/mol. The van der Waals surface area contributed by atoms with E-state index in [-0.39, 0.29) is 24.5 Å². The highest BCUT2D eigenvalue weighted by Gasteiger charge is 2.31. The number of ether oxygens (including phenoxy) is 1. The maximum atomic E-state index is 12.8. The summed E-state index contributed by atoms with van der Waals surface area (Å²) in [5, 5.41) is 22.3. The number of benzene rings is 1. The fourth-order valence-corrected chi connectivity index (χ4v) is 5.37. The largest absolute Gasteiger partial charge is 0.381 e. The molecule has 1 saturated heterocycles. The second kappa shape index (κ2) is 11.4. The Hall–Kier alpha value is -3.05. The maximum absolute atomic E-state index is 12.8. The summed E-state index contributed by atoms with van der Waals surface area (Å²) < 4.78 is 7.21. The predicted octanol–water partition coefficient (Wildman–Crippen LogP) is 2.98.